The van der Waals surface area contributed by atoms with E-state index in [4.69, 9.17) is 21.1 Å². The van der Waals surface area contributed by atoms with E-state index in [1.54, 1.807) is 0 Å². The highest BCUT2D eigenvalue weighted by Crippen LogP contribution is 2.23. The summed E-state index contributed by atoms with van der Waals surface area (Å²) in [6.07, 6.45) is 1.37. The van der Waals surface area contributed by atoms with Crippen molar-refractivity contribution in [2.24, 2.45) is 0 Å². The summed E-state index contributed by atoms with van der Waals surface area (Å²) in [5.41, 5.74) is 0.704. The number of amides is 1. The lowest BCUT2D eigenvalue weighted by Crippen LogP contribution is -2.11. The molecule has 19 heavy (non-hydrogen) atoms. The molecule has 0 saturated carbocycles. The molecule has 0 atom stereocenters. The Morgan fingerprint density at radius 1 is 1.26 bits per heavy atom. The van der Waals surface area contributed by atoms with Crippen LogP contribution in [-0.2, 0) is 0 Å². The van der Waals surface area contributed by atoms with E-state index in [9.17, 15) is 9.59 Å². The summed E-state index contributed by atoms with van der Waals surface area (Å²) >= 11 is 8.90. The molecule has 1 aromatic heterocycles. The zero-order valence-corrected chi connectivity index (χ0v) is 11.7. The van der Waals surface area contributed by atoms with Gasteiger partial charge in [0.2, 0.25) is 0 Å². The van der Waals surface area contributed by atoms with Crippen LogP contribution in [0, 0.1) is 0 Å². The molecule has 0 fully saturated rings. The number of hydrogen-bond acceptors (Lipinski definition) is 3. The van der Waals surface area contributed by atoms with Crippen LogP contribution < -0.4 is 5.32 Å². The molecule has 2 rings (SSSR count). The third-order valence-electron chi connectivity index (χ3n) is 2.32. The van der Waals surface area contributed by atoms with Gasteiger partial charge in [-0.2, -0.15) is 0 Å². The van der Waals surface area contributed by atoms with Gasteiger partial charge < -0.3 is 14.8 Å². The van der Waals surface area contributed by atoms with Gasteiger partial charge in [-0.05, 0) is 40.2 Å². The molecule has 0 aliphatic heterocycles. The fraction of sp³-hybridized carbons (Fsp3) is 0. The summed E-state index contributed by atoms with van der Waals surface area (Å²) in [4.78, 5) is 22.7. The fourth-order valence-corrected chi connectivity index (χ4v) is 2.10. The van der Waals surface area contributed by atoms with Gasteiger partial charge in [-0.15, -0.1) is 0 Å². The zero-order chi connectivity index (χ0) is 14.0. The first-order valence-electron chi connectivity index (χ1n) is 5.06. The van der Waals surface area contributed by atoms with Gasteiger partial charge >= 0.3 is 5.97 Å². The molecule has 98 valence electrons. The Balaban J connectivity index is 2.21. The Morgan fingerprint density at radius 3 is 2.53 bits per heavy atom. The number of carbonyl (C=O) groups is 2. The third-order valence-corrected chi connectivity index (χ3v) is 3.25. The van der Waals surface area contributed by atoms with E-state index in [0.29, 0.717) is 15.9 Å². The first-order chi connectivity index (χ1) is 8.99. The van der Waals surface area contributed by atoms with E-state index in [1.807, 2.05) is 0 Å². The lowest BCUT2D eigenvalue weighted by molar-refractivity contribution is 0.0697. The molecule has 7 heteroatoms. The smallest absolute Gasteiger partial charge is 0.337 e. The first-order valence-corrected chi connectivity index (χ1v) is 6.23. The number of carboxylic acids is 1. The van der Waals surface area contributed by atoms with Gasteiger partial charge in [-0.25, -0.2) is 4.79 Å². The molecule has 1 heterocycles. The van der Waals surface area contributed by atoms with Crippen LogP contribution in [-0.4, -0.2) is 17.0 Å². The number of nitrogens with one attached hydrogen (secondary N) is 1. The van der Waals surface area contributed by atoms with Gasteiger partial charge in [0.05, 0.1) is 22.4 Å². The molecule has 0 spiro atoms. The molecule has 0 bridgehead atoms. The number of rotatable bonds is 3. The third kappa shape index (κ3) is 2.97. The number of halogens is 2. The predicted octanol–water partition coefficient (Wildman–Crippen LogP) is 3.65. The van der Waals surface area contributed by atoms with Crippen molar-refractivity contribution in [3.05, 3.63) is 51.3 Å². The average Bonchev–Trinajstić information content (AvgIpc) is 2.75. The maximum atomic E-state index is 11.9. The largest absolute Gasteiger partial charge is 0.478 e. The minimum atomic E-state index is -1.12. The molecule has 2 N–H and O–H groups in total. The van der Waals surface area contributed by atoms with E-state index < -0.39 is 5.97 Å². The molecular formula is C12H7BrClNO4. The maximum absolute atomic E-state index is 11.9. The summed E-state index contributed by atoms with van der Waals surface area (Å²) < 4.78 is 5.27. The molecule has 1 amide bonds. The van der Waals surface area contributed by atoms with E-state index in [1.165, 1.54) is 30.5 Å². The van der Waals surface area contributed by atoms with Crippen molar-refractivity contribution in [2.75, 3.05) is 5.32 Å². The number of anilines is 1. The first kappa shape index (κ1) is 13.6. The Morgan fingerprint density at radius 2 is 2.00 bits per heavy atom. The second kappa shape index (κ2) is 5.46. The van der Waals surface area contributed by atoms with Gasteiger partial charge in [-0.3, -0.25) is 4.79 Å². The molecular weight excluding hydrogens is 337 g/mol. The van der Waals surface area contributed by atoms with Gasteiger partial charge in [0.15, 0.2) is 4.67 Å². The number of carbonyl (C=O) groups excluding carboxylic acids is 1. The number of furan rings is 1. The van der Waals surface area contributed by atoms with Crippen molar-refractivity contribution in [3.63, 3.8) is 0 Å². The van der Waals surface area contributed by atoms with Crippen LogP contribution in [0.25, 0.3) is 0 Å². The molecule has 0 radical (unpaired) electrons. The standard InChI is InChI=1S/C12H7BrClNO4/c13-10-8(3-4-19-10)11(16)15-6-1-2-7(12(17)18)9(14)5-6/h1-5H,(H,15,16)(H,17,18). The number of benzene rings is 1. The highest BCUT2D eigenvalue weighted by molar-refractivity contribution is 9.10. The fourth-order valence-electron chi connectivity index (χ4n) is 1.42. The Labute approximate surface area is 121 Å². The minimum Gasteiger partial charge on any atom is -0.478 e. The molecule has 0 unspecified atom stereocenters. The van der Waals surface area contributed by atoms with E-state index in [2.05, 4.69) is 21.2 Å². The van der Waals surface area contributed by atoms with Gasteiger partial charge in [0, 0.05) is 5.69 Å². The second-order valence-electron chi connectivity index (χ2n) is 3.56. The number of aromatic carboxylic acids is 1. The maximum Gasteiger partial charge on any atom is 0.337 e. The van der Waals surface area contributed by atoms with Gasteiger partial charge in [0.1, 0.15) is 0 Å². The van der Waals surface area contributed by atoms with Crippen molar-refractivity contribution in [1.29, 1.82) is 0 Å². The molecule has 5 nitrogen and oxygen atoms in total. The molecule has 0 saturated heterocycles. The quantitative estimate of drug-likeness (QED) is 0.891. The van der Waals surface area contributed by atoms with E-state index >= 15 is 0 Å². The summed E-state index contributed by atoms with van der Waals surface area (Å²) in [5.74, 6) is -1.51. The van der Waals surface area contributed by atoms with Crippen molar-refractivity contribution < 1.29 is 19.1 Å². The SMILES string of the molecule is O=C(O)c1ccc(NC(=O)c2ccoc2Br)cc1Cl. The molecule has 0 aliphatic rings. The highest BCUT2D eigenvalue weighted by atomic mass is 79.9. The Hall–Kier alpha value is -1.79. The van der Waals surface area contributed by atoms with Crippen LogP contribution >= 0.6 is 27.5 Å². The van der Waals surface area contributed by atoms with E-state index in [0.717, 1.165) is 0 Å². The number of hydrogen-bond donors (Lipinski definition) is 2. The van der Waals surface area contributed by atoms with Crippen LogP contribution in [0.5, 0.6) is 0 Å². The lowest BCUT2D eigenvalue weighted by Gasteiger charge is -2.06. The Bertz CT molecular complexity index is 653. The summed E-state index contributed by atoms with van der Waals surface area (Å²) in [5, 5.41) is 11.5. The number of carboxylic acid groups (broad SMARTS) is 1. The van der Waals surface area contributed by atoms with Crippen LogP contribution in [0.1, 0.15) is 20.7 Å². The normalized spacial score (nSPS) is 10.2. The molecule has 2 aromatic rings. The van der Waals surface area contributed by atoms with Crippen LogP contribution in [0.2, 0.25) is 5.02 Å². The van der Waals surface area contributed by atoms with Crippen molar-refractivity contribution in [1.82, 2.24) is 0 Å². The molecule has 1 aromatic carbocycles. The second-order valence-corrected chi connectivity index (χ2v) is 4.69. The summed E-state index contributed by atoms with van der Waals surface area (Å²) in [6, 6.07) is 5.66. The summed E-state index contributed by atoms with van der Waals surface area (Å²) in [6.45, 7) is 0. The average molecular weight is 345 g/mol. The van der Waals surface area contributed by atoms with Gasteiger partial charge in [0.25, 0.3) is 5.91 Å². The lowest BCUT2D eigenvalue weighted by atomic mass is 10.2. The van der Waals surface area contributed by atoms with Crippen LogP contribution in [0.3, 0.4) is 0 Å². The highest BCUT2D eigenvalue weighted by Gasteiger charge is 2.14. The topological polar surface area (TPSA) is 79.5 Å². The predicted molar refractivity (Wildman–Crippen MR) is 72.8 cm³/mol. The van der Waals surface area contributed by atoms with Crippen molar-refractivity contribution >= 4 is 45.1 Å². The zero-order valence-electron chi connectivity index (χ0n) is 9.31. The molecule has 0 aliphatic carbocycles. The van der Waals surface area contributed by atoms with Crippen molar-refractivity contribution in [3.8, 4) is 0 Å². The van der Waals surface area contributed by atoms with Crippen LogP contribution in [0.4, 0.5) is 5.69 Å². The van der Waals surface area contributed by atoms with Gasteiger partial charge in [-0.1, -0.05) is 11.6 Å². The minimum absolute atomic E-state index is 0.0239. The summed E-state index contributed by atoms with van der Waals surface area (Å²) in [7, 11) is 0. The Kier molecular flexibility index (Phi) is 3.92. The monoisotopic (exact) mass is 343 g/mol. The van der Waals surface area contributed by atoms with Crippen LogP contribution in [0.15, 0.2) is 39.6 Å². The van der Waals surface area contributed by atoms with Crippen molar-refractivity contribution in [2.45, 2.75) is 0 Å². The van der Waals surface area contributed by atoms with E-state index in [-0.39, 0.29) is 16.5 Å².